The van der Waals surface area contributed by atoms with E-state index in [1.807, 2.05) is 0 Å². The van der Waals surface area contributed by atoms with Gasteiger partial charge < -0.3 is 10.5 Å². The Hall–Kier alpha value is -0.770. The number of carbonyl (C=O) groups excluding carboxylic acids is 1. The van der Waals surface area contributed by atoms with Gasteiger partial charge in [-0.05, 0) is 23.8 Å². The second-order valence-electron chi connectivity index (χ2n) is 3.09. The van der Waals surface area contributed by atoms with Crippen LogP contribution in [0.1, 0.15) is 18.0 Å². The average molecular weight is 248 g/mol. The van der Waals surface area contributed by atoms with E-state index < -0.39 is 6.04 Å². The van der Waals surface area contributed by atoms with Crippen LogP contribution >= 0.6 is 23.2 Å². The summed E-state index contributed by atoms with van der Waals surface area (Å²) in [4.78, 5) is 11.0. The zero-order valence-corrected chi connectivity index (χ0v) is 9.68. The quantitative estimate of drug-likeness (QED) is 0.836. The summed E-state index contributed by atoms with van der Waals surface area (Å²) in [5.41, 5.74) is 6.51. The first kappa shape index (κ1) is 12.3. The second kappa shape index (κ2) is 5.35. The normalized spacial score (nSPS) is 12.3. The van der Waals surface area contributed by atoms with E-state index in [1.165, 1.54) is 7.11 Å². The number of halogens is 2. The third kappa shape index (κ3) is 3.70. The molecular weight excluding hydrogens is 237 g/mol. The van der Waals surface area contributed by atoms with Crippen LogP contribution in [0.5, 0.6) is 0 Å². The maximum atomic E-state index is 11.0. The highest BCUT2D eigenvalue weighted by Gasteiger charge is 2.12. The minimum absolute atomic E-state index is 0.104. The maximum Gasteiger partial charge on any atom is 0.307 e. The van der Waals surface area contributed by atoms with E-state index in [9.17, 15) is 4.79 Å². The predicted molar refractivity (Wildman–Crippen MR) is 60.0 cm³/mol. The lowest BCUT2D eigenvalue weighted by Gasteiger charge is -2.11. The van der Waals surface area contributed by atoms with Crippen LogP contribution in [0.3, 0.4) is 0 Å². The van der Waals surface area contributed by atoms with Crippen LogP contribution in [-0.2, 0) is 9.53 Å². The highest BCUT2D eigenvalue weighted by Crippen LogP contribution is 2.24. The molecule has 1 aromatic rings. The SMILES string of the molecule is COC(=O)C[C@@H](N)c1cc(Cl)cc(Cl)c1. The smallest absolute Gasteiger partial charge is 0.307 e. The Kier molecular flexibility index (Phi) is 4.39. The summed E-state index contributed by atoms with van der Waals surface area (Å²) in [5, 5.41) is 0.996. The molecule has 0 fully saturated rings. The Bertz CT molecular complexity index is 348. The highest BCUT2D eigenvalue weighted by atomic mass is 35.5. The molecule has 82 valence electrons. The van der Waals surface area contributed by atoms with Gasteiger partial charge >= 0.3 is 5.97 Å². The van der Waals surface area contributed by atoms with Crippen molar-refractivity contribution in [1.29, 1.82) is 0 Å². The lowest BCUT2D eigenvalue weighted by molar-refractivity contribution is -0.141. The van der Waals surface area contributed by atoms with E-state index in [1.54, 1.807) is 18.2 Å². The largest absolute Gasteiger partial charge is 0.469 e. The van der Waals surface area contributed by atoms with E-state index in [2.05, 4.69) is 4.74 Å². The number of benzene rings is 1. The fourth-order valence-electron chi connectivity index (χ4n) is 1.17. The van der Waals surface area contributed by atoms with Gasteiger partial charge in [0.2, 0.25) is 0 Å². The standard InChI is InChI=1S/C10H11Cl2NO2/c1-15-10(14)5-9(13)6-2-7(11)4-8(12)3-6/h2-4,9H,5,13H2,1H3/t9-/m1/s1. The molecule has 1 atom stereocenters. The summed E-state index contributed by atoms with van der Waals surface area (Å²) in [6, 6.07) is 4.52. The molecule has 2 N–H and O–H groups in total. The Morgan fingerprint density at radius 2 is 1.93 bits per heavy atom. The minimum atomic E-state index is -0.450. The molecule has 0 amide bonds. The topological polar surface area (TPSA) is 52.3 Å². The molecular formula is C10H11Cl2NO2. The molecule has 0 aliphatic rings. The first-order valence-electron chi connectivity index (χ1n) is 4.31. The summed E-state index contributed by atoms with van der Waals surface area (Å²) < 4.78 is 4.52. The van der Waals surface area contributed by atoms with E-state index in [4.69, 9.17) is 28.9 Å². The molecule has 0 unspecified atom stereocenters. The van der Waals surface area contributed by atoms with Gasteiger partial charge in [0, 0.05) is 16.1 Å². The van der Waals surface area contributed by atoms with Crippen molar-refractivity contribution in [2.24, 2.45) is 5.73 Å². The Morgan fingerprint density at radius 1 is 1.40 bits per heavy atom. The van der Waals surface area contributed by atoms with E-state index in [0.29, 0.717) is 10.0 Å². The molecule has 0 spiro atoms. The molecule has 0 radical (unpaired) electrons. The fraction of sp³-hybridized carbons (Fsp3) is 0.300. The van der Waals surface area contributed by atoms with Gasteiger partial charge in [0.25, 0.3) is 0 Å². The number of methoxy groups -OCH3 is 1. The molecule has 0 bridgehead atoms. The van der Waals surface area contributed by atoms with Crippen LogP contribution in [0, 0.1) is 0 Å². The van der Waals surface area contributed by atoms with Crippen molar-refractivity contribution in [3.63, 3.8) is 0 Å². The van der Waals surface area contributed by atoms with Crippen LogP contribution in [0.2, 0.25) is 10.0 Å². The zero-order valence-electron chi connectivity index (χ0n) is 8.17. The summed E-state index contributed by atoms with van der Waals surface area (Å²) in [6.07, 6.45) is 0.104. The van der Waals surface area contributed by atoms with Gasteiger partial charge in [-0.25, -0.2) is 0 Å². The van der Waals surface area contributed by atoms with E-state index in [-0.39, 0.29) is 12.4 Å². The van der Waals surface area contributed by atoms with Gasteiger partial charge in [-0.3, -0.25) is 4.79 Å². The molecule has 0 saturated carbocycles. The fourth-order valence-corrected chi connectivity index (χ4v) is 1.71. The van der Waals surface area contributed by atoms with Crippen molar-refractivity contribution in [2.45, 2.75) is 12.5 Å². The van der Waals surface area contributed by atoms with Gasteiger partial charge in [-0.1, -0.05) is 23.2 Å². The lowest BCUT2D eigenvalue weighted by Crippen LogP contribution is -2.16. The predicted octanol–water partition coefficient (Wildman–Crippen LogP) is 2.56. The van der Waals surface area contributed by atoms with Gasteiger partial charge in [0.15, 0.2) is 0 Å². The van der Waals surface area contributed by atoms with Crippen LogP contribution in [-0.4, -0.2) is 13.1 Å². The second-order valence-corrected chi connectivity index (χ2v) is 3.96. The minimum Gasteiger partial charge on any atom is -0.469 e. The van der Waals surface area contributed by atoms with Gasteiger partial charge in [-0.2, -0.15) is 0 Å². The molecule has 0 saturated heterocycles. The summed E-state index contributed by atoms with van der Waals surface area (Å²) in [5.74, 6) is -0.362. The van der Waals surface area contributed by atoms with Crippen molar-refractivity contribution < 1.29 is 9.53 Å². The number of carbonyl (C=O) groups is 1. The molecule has 5 heteroatoms. The molecule has 3 nitrogen and oxygen atoms in total. The molecule has 15 heavy (non-hydrogen) atoms. The number of rotatable bonds is 3. The monoisotopic (exact) mass is 247 g/mol. The van der Waals surface area contributed by atoms with E-state index >= 15 is 0 Å². The Labute approximate surface area is 98.1 Å². The highest BCUT2D eigenvalue weighted by molar-refractivity contribution is 6.34. The Morgan fingerprint density at radius 3 is 2.40 bits per heavy atom. The number of hydrogen-bond acceptors (Lipinski definition) is 3. The van der Waals surface area contributed by atoms with Crippen molar-refractivity contribution in [3.05, 3.63) is 33.8 Å². The van der Waals surface area contributed by atoms with E-state index in [0.717, 1.165) is 5.56 Å². The molecule has 1 rings (SSSR count). The molecule has 1 aromatic carbocycles. The van der Waals surface area contributed by atoms with Gasteiger partial charge in [0.1, 0.15) is 0 Å². The number of nitrogens with two attached hydrogens (primary N) is 1. The summed E-state index contributed by atoms with van der Waals surface area (Å²) in [7, 11) is 1.32. The zero-order chi connectivity index (χ0) is 11.4. The number of esters is 1. The van der Waals surface area contributed by atoms with Crippen molar-refractivity contribution >= 4 is 29.2 Å². The number of hydrogen-bond donors (Lipinski definition) is 1. The first-order valence-corrected chi connectivity index (χ1v) is 5.07. The summed E-state index contributed by atoms with van der Waals surface area (Å²) in [6.45, 7) is 0. The van der Waals surface area contributed by atoms with Gasteiger partial charge in [-0.15, -0.1) is 0 Å². The molecule has 0 aromatic heterocycles. The van der Waals surface area contributed by atoms with Crippen LogP contribution in [0.4, 0.5) is 0 Å². The van der Waals surface area contributed by atoms with Crippen molar-refractivity contribution in [1.82, 2.24) is 0 Å². The number of ether oxygens (including phenoxy) is 1. The van der Waals surface area contributed by atoms with Crippen molar-refractivity contribution in [3.8, 4) is 0 Å². The first-order chi connectivity index (χ1) is 7.02. The lowest BCUT2D eigenvalue weighted by atomic mass is 10.1. The van der Waals surface area contributed by atoms with Gasteiger partial charge in [0.05, 0.1) is 13.5 Å². The van der Waals surface area contributed by atoms with Crippen LogP contribution in [0.25, 0.3) is 0 Å². The third-order valence-corrected chi connectivity index (χ3v) is 2.36. The van der Waals surface area contributed by atoms with Crippen LogP contribution < -0.4 is 5.73 Å². The van der Waals surface area contributed by atoms with Crippen LogP contribution in [0.15, 0.2) is 18.2 Å². The molecule has 0 heterocycles. The summed E-state index contributed by atoms with van der Waals surface area (Å²) >= 11 is 11.6. The van der Waals surface area contributed by atoms with Crippen molar-refractivity contribution in [2.75, 3.05) is 7.11 Å². The maximum absolute atomic E-state index is 11.0. The third-order valence-electron chi connectivity index (χ3n) is 1.93. The Balaban J connectivity index is 2.81. The molecule has 0 aliphatic carbocycles. The average Bonchev–Trinajstić information content (AvgIpc) is 2.16. The molecule has 0 aliphatic heterocycles.